The van der Waals surface area contributed by atoms with E-state index in [4.69, 9.17) is 11.6 Å². The molecule has 22 heavy (non-hydrogen) atoms. The van der Waals surface area contributed by atoms with Crippen molar-refractivity contribution in [3.05, 3.63) is 29.3 Å². The summed E-state index contributed by atoms with van der Waals surface area (Å²) in [6.45, 7) is 2.18. The summed E-state index contributed by atoms with van der Waals surface area (Å²) in [6.07, 6.45) is 1.23. The Morgan fingerprint density at radius 1 is 1.41 bits per heavy atom. The van der Waals surface area contributed by atoms with E-state index >= 15 is 0 Å². The van der Waals surface area contributed by atoms with Gasteiger partial charge in [0.2, 0.25) is 11.8 Å². The fraction of sp³-hybridized carbons (Fsp3) is 0.500. The molecule has 0 aromatic heterocycles. The van der Waals surface area contributed by atoms with E-state index in [1.54, 1.807) is 15.9 Å². The molecule has 0 saturated carbocycles. The first-order chi connectivity index (χ1) is 10.6. The summed E-state index contributed by atoms with van der Waals surface area (Å²) in [6, 6.07) is 7.49. The van der Waals surface area contributed by atoms with Gasteiger partial charge in [-0.25, -0.2) is 0 Å². The number of nitrogens with one attached hydrogen (secondary N) is 1. The summed E-state index contributed by atoms with van der Waals surface area (Å²) in [4.78, 5) is 28.3. The molecule has 2 amide bonds. The van der Waals surface area contributed by atoms with Crippen LogP contribution in [-0.2, 0) is 9.59 Å². The average molecular weight is 322 g/mol. The van der Waals surface area contributed by atoms with Crippen molar-refractivity contribution in [2.75, 3.05) is 31.6 Å². The van der Waals surface area contributed by atoms with Crippen molar-refractivity contribution in [2.45, 2.75) is 18.9 Å². The summed E-state index contributed by atoms with van der Waals surface area (Å²) < 4.78 is 0. The second-order valence-electron chi connectivity index (χ2n) is 5.95. The molecule has 2 saturated heterocycles. The fourth-order valence-corrected chi connectivity index (χ4v) is 3.45. The molecule has 3 rings (SSSR count). The molecule has 0 unspecified atom stereocenters. The summed E-state index contributed by atoms with van der Waals surface area (Å²) >= 11 is 6.17. The van der Waals surface area contributed by atoms with Crippen molar-refractivity contribution < 1.29 is 9.59 Å². The minimum atomic E-state index is -0.283. The van der Waals surface area contributed by atoms with Gasteiger partial charge < -0.3 is 15.1 Å². The van der Waals surface area contributed by atoms with Gasteiger partial charge in [-0.1, -0.05) is 23.7 Å². The van der Waals surface area contributed by atoms with Gasteiger partial charge in [-0.05, 0) is 25.1 Å². The van der Waals surface area contributed by atoms with Gasteiger partial charge in [0.15, 0.2) is 0 Å². The first-order valence-corrected chi connectivity index (χ1v) is 7.98. The minimum Gasteiger partial charge on any atom is -0.341 e. The van der Waals surface area contributed by atoms with Crippen LogP contribution in [0.2, 0.25) is 5.02 Å². The van der Waals surface area contributed by atoms with Crippen LogP contribution in [0.4, 0.5) is 5.69 Å². The second-order valence-corrected chi connectivity index (χ2v) is 6.36. The molecule has 1 N–H and O–H groups in total. The van der Waals surface area contributed by atoms with E-state index in [0.717, 1.165) is 19.5 Å². The van der Waals surface area contributed by atoms with E-state index in [0.29, 0.717) is 17.3 Å². The van der Waals surface area contributed by atoms with Crippen LogP contribution in [0.25, 0.3) is 0 Å². The van der Waals surface area contributed by atoms with Crippen LogP contribution in [0, 0.1) is 5.92 Å². The summed E-state index contributed by atoms with van der Waals surface area (Å²) in [5.74, 6) is -0.268. The second kappa shape index (κ2) is 6.26. The maximum Gasteiger partial charge on any atom is 0.228 e. The first kappa shape index (κ1) is 15.3. The van der Waals surface area contributed by atoms with Gasteiger partial charge in [-0.2, -0.15) is 0 Å². The molecular formula is C16H20ClN3O2. The van der Waals surface area contributed by atoms with Gasteiger partial charge in [-0.15, -0.1) is 0 Å². The van der Waals surface area contributed by atoms with Crippen LogP contribution in [0.15, 0.2) is 24.3 Å². The molecule has 1 aromatic rings. The van der Waals surface area contributed by atoms with Crippen LogP contribution < -0.4 is 10.2 Å². The largest absolute Gasteiger partial charge is 0.341 e. The third-order valence-corrected chi connectivity index (χ3v) is 4.87. The zero-order valence-electron chi connectivity index (χ0n) is 12.6. The van der Waals surface area contributed by atoms with E-state index in [9.17, 15) is 9.59 Å². The lowest BCUT2D eigenvalue weighted by atomic mass is 10.1. The first-order valence-electron chi connectivity index (χ1n) is 7.60. The van der Waals surface area contributed by atoms with E-state index < -0.39 is 0 Å². The minimum absolute atomic E-state index is 0.0376. The number of anilines is 1. The van der Waals surface area contributed by atoms with Gasteiger partial charge in [0.25, 0.3) is 0 Å². The Balaban J connectivity index is 1.71. The monoisotopic (exact) mass is 321 g/mol. The summed E-state index contributed by atoms with van der Waals surface area (Å²) in [7, 11) is 1.84. The van der Waals surface area contributed by atoms with Crippen molar-refractivity contribution in [1.29, 1.82) is 0 Å². The molecule has 0 radical (unpaired) electrons. The molecule has 2 heterocycles. The highest BCUT2D eigenvalue weighted by molar-refractivity contribution is 6.33. The number of carbonyl (C=O) groups excluding carboxylic acids is 2. The lowest BCUT2D eigenvalue weighted by Gasteiger charge is -2.26. The third kappa shape index (κ3) is 2.83. The van der Waals surface area contributed by atoms with Gasteiger partial charge in [-0.3, -0.25) is 9.59 Å². The van der Waals surface area contributed by atoms with Crippen molar-refractivity contribution in [2.24, 2.45) is 5.92 Å². The summed E-state index contributed by atoms with van der Waals surface area (Å²) in [5, 5.41) is 3.80. The number of hydrogen-bond acceptors (Lipinski definition) is 3. The van der Waals surface area contributed by atoms with Crippen molar-refractivity contribution in [3.63, 3.8) is 0 Å². The predicted molar refractivity (Wildman–Crippen MR) is 86.0 cm³/mol. The molecule has 1 aromatic carbocycles. The van der Waals surface area contributed by atoms with E-state index in [1.165, 1.54) is 0 Å². The standard InChI is InChI=1S/C16H20ClN3O2/c1-19(12-6-7-18-9-12)16(22)11-8-15(21)20(10-11)14-5-3-2-4-13(14)17/h2-5,11-12,18H,6-10H2,1H3/t11-,12-/m1/s1. The number of nitrogens with zero attached hydrogens (tertiary/aromatic N) is 2. The number of amides is 2. The molecule has 2 fully saturated rings. The average Bonchev–Trinajstić information content (AvgIpc) is 3.16. The number of hydrogen-bond donors (Lipinski definition) is 1. The Kier molecular flexibility index (Phi) is 4.36. The number of benzene rings is 1. The van der Waals surface area contributed by atoms with Crippen molar-refractivity contribution >= 4 is 29.1 Å². The maximum absolute atomic E-state index is 12.6. The van der Waals surface area contributed by atoms with Gasteiger partial charge >= 0.3 is 0 Å². The van der Waals surface area contributed by atoms with Crippen LogP contribution >= 0.6 is 11.6 Å². The Morgan fingerprint density at radius 3 is 2.86 bits per heavy atom. The van der Waals surface area contributed by atoms with Crippen LogP contribution in [-0.4, -0.2) is 49.4 Å². The Bertz CT molecular complexity index is 587. The normalized spacial score (nSPS) is 24.8. The number of para-hydroxylation sites is 1. The van der Waals surface area contributed by atoms with E-state index in [1.807, 2.05) is 25.2 Å². The highest BCUT2D eigenvalue weighted by atomic mass is 35.5. The number of carbonyl (C=O) groups is 2. The topological polar surface area (TPSA) is 52.7 Å². The van der Waals surface area contributed by atoms with Crippen molar-refractivity contribution in [3.8, 4) is 0 Å². The van der Waals surface area contributed by atoms with Crippen LogP contribution in [0.3, 0.4) is 0 Å². The molecule has 0 aliphatic carbocycles. The molecular weight excluding hydrogens is 302 g/mol. The lowest BCUT2D eigenvalue weighted by Crippen LogP contribution is -2.42. The van der Waals surface area contributed by atoms with Crippen LogP contribution in [0.5, 0.6) is 0 Å². The fourth-order valence-electron chi connectivity index (χ4n) is 3.21. The zero-order valence-corrected chi connectivity index (χ0v) is 13.3. The molecule has 2 atom stereocenters. The molecule has 0 spiro atoms. The quantitative estimate of drug-likeness (QED) is 0.918. The highest BCUT2D eigenvalue weighted by Crippen LogP contribution is 2.31. The molecule has 118 valence electrons. The number of rotatable bonds is 3. The van der Waals surface area contributed by atoms with Crippen LogP contribution in [0.1, 0.15) is 12.8 Å². The number of halogens is 1. The predicted octanol–water partition coefficient (Wildman–Crippen LogP) is 1.51. The molecule has 0 bridgehead atoms. The van der Waals surface area contributed by atoms with Crippen molar-refractivity contribution in [1.82, 2.24) is 10.2 Å². The van der Waals surface area contributed by atoms with Gasteiger partial charge in [0.05, 0.1) is 16.6 Å². The molecule has 2 aliphatic rings. The highest BCUT2D eigenvalue weighted by Gasteiger charge is 2.38. The Hall–Kier alpha value is -1.59. The third-order valence-electron chi connectivity index (χ3n) is 4.55. The lowest BCUT2D eigenvalue weighted by molar-refractivity contribution is -0.136. The van der Waals surface area contributed by atoms with E-state index in [2.05, 4.69) is 5.32 Å². The zero-order chi connectivity index (χ0) is 15.7. The smallest absolute Gasteiger partial charge is 0.228 e. The van der Waals surface area contributed by atoms with Gasteiger partial charge in [0, 0.05) is 32.6 Å². The Morgan fingerprint density at radius 2 is 2.18 bits per heavy atom. The SMILES string of the molecule is CN(C(=O)[C@@H]1CC(=O)N(c2ccccc2Cl)C1)[C@@H]1CCNC1. The Labute approximate surface area is 135 Å². The summed E-state index contributed by atoms with van der Waals surface area (Å²) in [5.41, 5.74) is 0.689. The van der Waals surface area contributed by atoms with Gasteiger partial charge in [0.1, 0.15) is 0 Å². The van der Waals surface area contributed by atoms with E-state index in [-0.39, 0.29) is 30.2 Å². The molecule has 2 aliphatic heterocycles. The molecule has 6 heteroatoms. The molecule has 5 nitrogen and oxygen atoms in total. The maximum atomic E-state index is 12.6. The number of likely N-dealkylation sites (N-methyl/N-ethyl adjacent to an activating group) is 1.